The van der Waals surface area contributed by atoms with Crippen LogP contribution in [-0.4, -0.2) is 25.8 Å². The van der Waals surface area contributed by atoms with Crippen molar-refractivity contribution in [3.63, 3.8) is 0 Å². The lowest BCUT2D eigenvalue weighted by Gasteiger charge is -2.36. The molecule has 2 atom stereocenters. The molecular formula is C27H27FO4S. The third-order valence-electron chi connectivity index (χ3n) is 5.76. The van der Waals surface area contributed by atoms with E-state index in [4.69, 9.17) is 14.2 Å². The van der Waals surface area contributed by atoms with Crippen LogP contribution in [0.1, 0.15) is 34.9 Å². The molecule has 0 bridgehead atoms. The van der Waals surface area contributed by atoms with Gasteiger partial charge in [0.25, 0.3) is 0 Å². The first-order chi connectivity index (χ1) is 15.9. The summed E-state index contributed by atoms with van der Waals surface area (Å²) < 4.78 is 30.5. The minimum absolute atomic E-state index is 0.185. The number of rotatable bonds is 7. The minimum atomic E-state index is -1.03. The Labute approximate surface area is 197 Å². The van der Waals surface area contributed by atoms with Gasteiger partial charge in [0.2, 0.25) is 5.79 Å². The molecule has 172 valence electrons. The zero-order chi connectivity index (χ0) is 23.4. The topological polar surface area (TPSA) is 44.8 Å². The van der Waals surface area contributed by atoms with Crippen molar-refractivity contribution < 1.29 is 23.4 Å². The minimum Gasteiger partial charge on any atom is -0.463 e. The van der Waals surface area contributed by atoms with E-state index in [0.29, 0.717) is 6.42 Å². The van der Waals surface area contributed by atoms with E-state index in [1.165, 1.54) is 35.1 Å². The number of hydrogen-bond donors (Lipinski definition) is 0. The van der Waals surface area contributed by atoms with Gasteiger partial charge in [-0.1, -0.05) is 30.3 Å². The molecule has 0 amide bonds. The van der Waals surface area contributed by atoms with E-state index in [1.54, 1.807) is 30.6 Å². The summed E-state index contributed by atoms with van der Waals surface area (Å²) in [5, 5.41) is 0. The van der Waals surface area contributed by atoms with Crippen LogP contribution in [-0.2, 0) is 31.2 Å². The number of methoxy groups -OCH3 is 1. The quantitative estimate of drug-likeness (QED) is 0.309. The van der Waals surface area contributed by atoms with E-state index in [1.807, 2.05) is 18.2 Å². The standard InChI is InChI=1S/C27H27FO4S/c1-18-6-9-22(27(30-3)14-4-5-24(32-27)17-31-19(2)29)15-21(18)16-25-12-13-26(33-25)20-7-10-23(28)11-8-20/h4,6-15,24H,5,16-17H2,1-3H3/t24-,27?/m1/s1. The Morgan fingerprint density at radius 2 is 1.97 bits per heavy atom. The Morgan fingerprint density at radius 3 is 2.70 bits per heavy atom. The van der Waals surface area contributed by atoms with Gasteiger partial charge in [-0.15, -0.1) is 11.3 Å². The Kier molecular flexibility index (Phi) is 7.08. The Morgan fingerprint density at radius 1 is 1.18 bits per heavy atom. The highest BCUT2D eigenvalue weighted by Gasteiger charge is 2.36. The van der Waals surface area contributed by atoms with Gasteiger partial charge < -0.3 is 14.2 Å². The SMILES string of the molecule is COC1(c2ccc(C)c(Cc3ccc(-c4ccc(F)cc4)s3)c2)C=CC[C@H](COC(C)=O)O1. The summed E-state index contributed by atoms with van der Waals surface area (Å²) in [5.74, 6) is -1.59. The second-order valence-corrected chi connectivity index (χ2v) is 9.31. The van der Waals surface area contributed by atoms with Crippen molar-refractivity contribution in [3.05, 3.63) is 94.1 Å². The first-order valence-corrected chi connectivity index (χ1v) is 11.7. The number of aryl methyl sites for hydroxylation is 1. The first-order valence-electron chi connectivity index (χ1n) is 10.9. The molecule has 1 aromatic heterocycles. The number of hydrogen-bond acceptors (Lipinski definition) is 5. The Bertz CT molecular complexity index is 1150. The van der Waals surface area contributed by atoms with E-state index in [-0.39, 0.29) is 24.5 Å². The first kappa shape index (κ1) is 23.4. The number of carbonyl (C=O) groups is 1. The van der Waals surface area contributed by atoms with Gasteiger partial charge in [0.15, 0.2) is 0 Å². The third-order valence-corrected chi connectivity index (χ3v) is 6.89. The predicted molar refractivity (Wildman–Crippen MR) is 128 cm³/mol. The maximum absolute atomic E-state index is 13.2. The largest absolute Gasteiger partial charge is 0.463 e. The Balaban J connectivity index is 1.56. The summed E-state index contributed by atoms with van der Waals surface area (Å²) in [4.78, 5) is 13.5. The van der Waals surface area contributed by atoms with Crippen molar-refractivity contribution in [3.8, 4) is 10.4 Å². The van der Waals surface area contributed by atoms with E-state index in [0.717, 1.165) is 22.4 Å². The molecule has 0 saturated heterocycles. The summed E-state index contributed by atoms with van der Waals surface area (Å²) in [6.07, 6.45) is 5.07. The maximum atomic E-state index is 13.2. The highest BCUT2D eigenvalue weighted by atomic mass is 32.1. The van der Waals surface area contributed by atoms with Gasteiger partial charge in [-0.25, -0.2) is 4.39 Å². The van der Waals surface area contributed by atoms with E-state index in [2.05, 4.69) is 31.2 Å². The van der Waals surface area contributed by atoms with Crippen LogP contribution >= 0.6 is 11.3 Å². The summed E-state index contributed by atoms with van der Waals surface area (Å²) in [6, 6.07) is 17.0. The van der Waals surface area contributed by atoms with Crippen LogP contribution in [0, 0.1) is 12.7 Å². The van der Waals surface area contributed by atoms with Crippen LogP contribution in [0.25, 0.3) is 10.4 Å². The summed E-state index contributed by atoms with van der Waals surface area (Å²) in [7, 11) is 1.62. The van der Waals surface area contributed by atoms with E-state index < -0.39 is 5.79 Å². The van der Waals surface area contributed by atoms with Crippen LogP contribution in [0.15, 0.2) is 66.7 Å². The molecular weight excluding hydrogens is 439 g/mol. The second-order valence-electron chi connectivity index (χ2n) is 8.14. The molecule has 0 N–H and O–H groups in total. The molecule has 6 heteroatoms. The number of esters is 1. The summed E-state index contributed by atoms with van der Waals surface area (Å²) in [5.41, 5.74) is 4.26. The van der Waals surface area contributed by atoms with Gasteiger partial charge in [-0.05, 0) is 66.4 Å². The molecule has 33 heavy (non-hydrogen) atoms. The van der Waals surface area contributed by atoms with E-state index in [9.17, 15) is 9.18 Å². The van der Waals surface area contributed by atoms with Crippen molar-refractivity contribution in [2.45, 2.75) is 38.6 Å². The van der Waals surface area contributed by atoms with Crippen molar-refractivity contribution in [1.82, 2.24) is 0 Å². The molecule has 0 saturated carbocycles. The zero-order valence-electron chi connectivity index (χ0n) is 19.0. The molecule has 4 nitrogen and oxygen atoms in total. The smallest absolute Gasteiger partial charge is 0.302 e. The van der Waals surface area contributed by atoms with Gasteiger partial charge in [0.1, 0.15) is 12.4 Å². The van der Waals surface area contributed by atoms with Crippen LogP contribution < -0.4 is 0 Å². The van der Waals surface area contributed by atoms with Gasteiger partial charge >= 0.3 is 5.97 Å². The molecule has 1 aliphatic heterocycles. The van der Waals surface area contributed by atoms with Gasteiger partial charge in [0, 0.05) is 35.8 Å². The van der Waals surface area contributed by atoms with Crippen LogP contribution in [0.5, 0.6) is 0 Å². The molecule has 0 aliphatic carbocycles. The van der Waals surface area contributed by atoms with E-state index >= 15 is 0 Å². The lowest BCUT2D eigenvalue weighted by atomic mass is 9.95. The van der Waals surface area contributed by atoms with Crippen LogP contribution in [0.3, 0.4) is 0 Å². The monoisotopic (exact) mass is 466 g/mol. The molecule has 0 fully saturated rings. The molecule has 3 aromatic rings. The number of halogens is 1. The molecule has 1 unspecified atom stereocenters. The van der Waals surface area contributed by atoms with Gasteiger partial charge in [0.05, 0.1) is 6.10 Å². The highest BCUT2D eigenvalue weighted by Crippen LogP contribution is 2.36. The van der Waals surface area contributed by atoms with Crippen LogP contribution in [0.4, 0.5) is 4.39 Å². The highest BCUT2D eigenvalue weighted by molar-refractivity contribution is 7.15. The fourth-order valence-electron chi connectivity index (χ4n) is 3.93. The molecule has 4 rings (SSSR count). The molecule has 2 aromatic carbocycles. The maximum Gasteiger partial charge on any atom is 0.302 e. The summed E-state index contributed by atoms with van der Waals surface area (Å²) in [6.45, 7) is 3.67. The second kappa shape index (κ2) is 10.00. The van der Waals surface area contributed by atoms with Crippen molar-refractivity contribution in [2.75, 3.05) is 13.7 Å². The Hall–Kier alpha value is -2.80. The van der Waals surface area contributed by atoms with Crippen molar-refractivity contribution >= 4 is 17.3 Å². The molecule has 0 radical (unpaired) electrons. The fraction of sp³-hybridized carbons (Fsp3) is 0.296. The summed E-state index contributed by atoms with van der Waals surface area (Å²) >= 11 is 1.70. The molecule has 0 spiro atoms. The lowest BCUT2D eigenvalue weighted by Crippen LogP contribution is -2.39. The van der Waals surface area contributed by atoms with Crippen LogP contribution in [0.2, 0.25) is 0 Å². The van der Waals surface area contributed by atoms with Crippen molar-refractivity contribution in [2.24, 2.45) is 0 Å². The van der Waals surface area contributed by atoms with Gasteiger partial charge in [-0.2, -0.15) is 0 Å². The van der Waals surface area contributed by atoms with Crippen molar-refractivity contribution in [1.29, 1.82) is 0 Å². The lowest BCUT2D eigenvalue weighted by molar-refractivity contribution is -0.236. The fourth-order valence-corrected chi connectivity index (χ4v) is 4.97. The molecule has 2 heterocycles. The zero-order valence-corrected chi connectivity index (χ0v) is 19.8. The third kappa shape index (κ3) is 5.41. The normalized spacial score (nSPS) is 20.1. The number of carbonyl (C=O) groups excluding carboxylic acids is 1. The average molecular weight is 467 g/mol. The predicted octanol–water partition coefficient (Wildman–Crippen LogP) is 6.16. The number of ether oxygens (including phenoxy) is 3. The number of benzene rings is 2. The average Bonchev–Trinajstić information content (AvgIpc) is 3.28. The molecule has 1 aliphatic rings. The van der Waals surface area contributed by atoms with Gasteiger partial charge in [-0.3, -0.25) is 4.79 Å². The number of thiophene rings is 1.